The molecular formula is C15H16N2O. The molecule has 0 saturated carbocycles. The molecule has 0 aliphatic carbocycles. The van der Waals surface area contributed by atoms with E-state index < -0.39 is 0 Å². The molecule has 0 unspecified atom stereocenters. The van der Waals surface area contributed by atoms with Gasteiger partial charge in [-0.05, 0) is 11.6 Å². The molecule has 3 heteroatoms. The molecule has 0 bridgehead atoms. The van der Waals surface area contributed by atoms with Gasteiger partial charge in [-0.1, -0.05) is 42.5 Å². The predicted molar refractivity (Wildman–Crippen MR) is 74.1 cm³/mol. The number of pyridine rings is 1. The van der Waals surface area contributed by atoms with Gasteiger partial charge in [0.25, 0.3) is 0 Å². The SMILES string of the molecule is OCc1ccncc1NC/C=C/c1ccccc1. The summed E-state index contributed by atoms with van der Waals surface area (Å²) in [6.07, 6.45) is 7.50. The van der Waals surface area contributed by atoms with Gasteiger partial charge < -0.3 is 10.4 Å². The first-order chi connectivity index (χ1) is 8.90. The summed E-state index contributed by atoms with van der Waals surface area (Å²) >= 11 is 0. The van der Waals surface area contributed by atoms with Crippen molar-refractivity contribution in [1.29, 1.82) is 0 Å². The van der Waals surface area contributed by atoms with Gasteiger partial charge in [-0.3, -0.25) is 4.98 Å². The molecule has 0 aliphatic rings. The van der Waals surface area contributed by atoms with Gasteiger partial charge in [0.15, 0.2) is 0 Å². The molecule has 92 valence electrons. The van der Waals surface area contributed by atoms with Crippen LogP contribution in [0.1, 0.15) is 11.1 Å². The summed E-state index contributed by atoms with van der Waals surface area (Å²) in [4.78, 5) is 4.03. The Balaban J connectivity index is 1.91. The Hall–Kier alpha value is -2.13. The quantitative estimate of drug-likeness (QED) is 0.844. The van der Waals surface area contributed by atoms with Crippen LogP contribution in [-0.2, 0) is 6.61 Å². The molecular weight excluding hydrogens is 224 g/mol. The molecule has 0 atom stereocenters. The monoisotopic (exact) mass is 240 g/mol. The third-order valence-corrected chi connectivity index (χ3v) is 2.60. The van der Waals surface area contributed by atoms with E-state index in [1.807, 2.05) is 30.3 Å². The van der Waals surface area contributed by atoms with Crippen molar-refractivity contribution in [2.45, 2.75) is 6.61 Å². The van der Waals surface area contributed by atoms with Crippen LogP contribution < -0.4 is 5.32 Å². The number of nitrogens with zero attached hydrogens (tertiary/aromatic N) is 1. The summed E-state index contributed by atoms with van der Waals surface area (Å²) in [7, 11) is 0. The second-order valence-electron chi connectivity index (χ2n) is 3.88. The van der Waals surface area contributed by atoms with Crippen molar-refractivity contribution in [2.75, 3.05) is 11.9 Å². The van der Waals surface area contributed by atoms with Gasteiger partial charge in [0, 0.05) is 18.3 Å². The first-order valence-electron chi connectivity index (χ1n) is 5.89. The summed E-state index contributed by atoms with van der Waals surface area (Å²) in [5.74, 6) is 0. The van der Waals surface area contributed by atoms with Gasteiger partial charge in [0.05, 0.1) is 18.5 Å². The maximum Gasteiger partial charge on any atom is 0.0703 e. The number of aliphatic hydroxyl groups is 1. The van der Waals surface area contributed by atoms with Gasteiger partial charge in [-0.2, -0.15) is 0 Å². The van der Waals surface area contributed by atoms with Crippen molar-refractivity contribution in [1.82, 2.24) is 4.98 Å². The highest BCUT2D eigenvalue weighted by molar-refractivity contribution is 5.52. The zero-order chi connectivity index (χ0) is 12.6. The molecule has 2 N–H and O–H groups in total. The van der Waals surface area contributed by atoms with E-state index in [2.05, 4.69) is 28.5 Å². The van der Waals surface area contributed by atoms with E-state index in [1.54, 1.807) is 12.4 Å². The smallest absolute Gasteiger partial charge is 0.0703 e. The highest BCUT2D eigenvalue weighted by Gasteiger charge is 1.98. The van der Waals surface area contributed by atoms with Crippen molar-refractivity contribution in [3.63, 3.8) is 0 Å². The maximum absolute atomic E-state index is 9.17. The van der Waals surface area contributed by atoms with Crippen molar-refractivity contribution in [3.05, 3.63) is 66.0 Å². The standard InChI is InChI=1S/C15H16N2O/c18-12-14-8-10-16-11-15(14)17-9-4-7-13-5-2-1-3-6-13/h1-8,10-11,17-18H,9,12H2/b7-4+. The van der Waals surface area contributed by atoms with E-state index in [0.717, 1.165) is 11.3 Å². The van der Waals surface area contributed by atoms with Crippen molar-refractivity contribution < 1.29 is 5.11 Å². The number of rotatable bonds is 5. The normalized spacial score (nSPS) is 10.7. The number of anilines is 1. The molecule has 2 rings (SSSR count). The third kappa shape index (κ3) is 3.43. The lowest BCUT2D eigenvalue weighted by atomic mass is 10.2. The van der Waals surface area contributed by atoms with E-state index in [0.29, 0.717) is 6.54 Å². The van der Waals surface area contributed by atoms with E-state index in [9.17, 15) is 0 Å². The van der Waals surface area contributed by atoms with Crippen LogP contribution in [0.25, 0.3) is 6.08 Å². The average molecular weight is 240 g/mol. The molecule has 18 heavy (non-hydrogen) atoms. The molecule has 0 amide bonds. The summed E-state index contributed by atoms with van der Waals surface area (Å²) in [5, 5.41) is 12.4. The Bertz CT molecular complexity index is 509. The van der Waals surface area contributed by atoms with Gasteiger partial charge >= 0.3 is 0 Å². The summed E-state index contributed by atoms with van der Waals surface area (Å²) < 4.78 is 0. The molecule has 3 nitrogen and oxygen atoms in total. The van der Waals surface area contributed by atoms with E-state index in [-0.39, 0.29) is 6.61 Å². The fraction of sp³-hybridized carbons (Fsp3) is 0.133. The third-order valence-electron chi connectivity index (χ3n) is 2.60. The van der Waals surface area contributed by atoms with Crippen LogP contribution in [0.4, 0.5) is 5.69 Å². The van der Waals surface area contributed by atoms with Crippen molar-refractivity contribution in [2.24, 2.45) is 0 Å². The van der Waals surface area contributed by atoms with Crippen LogP contribution in [0, 0.1) is 0 Å². The first-order valence-corrected chi connectivity index (χ1v) is 5.89. The Labute approximate surface area is 107 Å². The van der Waals surface area contributed by atoms with Crippen LogP contribution in [-0.4, -0.2) is 16.6 Å². The minimum Gasteiger partial charge on any atom is -0.392 e. The lowest BCUT2D eigenvalue weighted by Gasteiger charge is -2.07. The summed E-state index contributed by atoms with van der Waals surface area (Å²) in [6.45, 7) is 0.723. The zero-order valence-corrected chi connectivity index (χ0v) is 10.1. The zero-order valence-electron chi connectivity index (χ0n) is 10.1. The first kappa shape index (κ1) is 12.3. The number of hydrogen-bond acceptors (Lipinski definition) is 3. The molecule has 1 aromatic heterocycles. The highest BCUT2D eigenvalue weighted by Crippen LogP contribution is 2.12. The average Bonchev–Trinajstić information content (AvgIpc) is 2.45. The van der Waals surface area contributed by atoms with Crippen LogP contribution in [0.3, 0.4) is 0 Å². The number of hydrogen-bond donors (Lipinski definition) is 2. The second-order valence-corrected chi connectivity index (χ2v) is 3.88. The van der Waals surface area contributed by atoms with E-state index >= 15 is 0 Å². The Morgan fingerprint density at radius 2 is 2.00 bits per heavy atom. The van der Waals surface area contributed by atoms with E-state index in [4.69, 9.17) is 5.11 Å². The van der Waals surface area contributed by atoms with E-state index in [1.165, 1.54) is 5.56 Å². The minimum atomic E-state index is 0.0211. The molecule has 2 aromatic rings. The van der Waals surface area contributed by atoms with Gasteiger partial charge in [-0.15, -0.1) is 0 Å². The van der Waals surface area contributed by atoms with Crippen LogP contribution in [0.5, 0.6) is 0 Å². The van der Waals surface area contributed by atoms with Crippen LogP contribution in [0.15, 0.2) is 54.9 Å². The lowest BCUT2D eigenvalue weighted by molar-refractivity contribution is 0.282. The Kier molecular flexibility index (Phi) is 4.50. The Morgan fingerprint density at radius 1 is 1.17 bits per heavy atom. The highest BCUT2D eigenvalue weighted by atomic mass is 16.3. The van der Waals surface area contributed by atoms with Crippen LogP contribution >= 0.6 is 0 Å². The predicted octanol–water partition coefficient (Wildman–Crippen LogP) is 2.70. The molecule has 0 spiro atoms. The number of nitrogens with one attached hydrogen (secondary N) is 1. The largest absolute Gasteiger partial charge is 0.392 e. The molecule has 1 heterocycles. The molecule has 0 saturated heterocycles. The fourth-order valence-corrected chi connectivity index (χ4v) is 1.65. The van der Waals surface area contributed by atoms with Crippen LogP contribution in [0.2, 0.25) is 0 Å². The summed E-state index contributed by atoms with van der Waals surface area (Å²) in [5.41, 5.74) is 2.91. The van der Waals surface area contributed by atoms with Gasteiger partial charge in [-0.25, -0.2) is 0 Å². The molecule has 0 aliphatic heterocycles. The lowest BCUT2D eigenvalue weighted by Crippen LogP contribution is -2.02. The maximum atomic E-state index is 9.17. The number of benzene rings is 1. The fourth-order valence-electron chi connectivity index (χ4n) is 1.65. The molecule has 0 fully saturated rings. The molecule has 1 aromatic carbocycles. The van der Waals surface area contributed by atoms with Gasteiger partial charge in [0.2, 0.25) is 0 Å². The van der Waals surface area contributed by atoms with Gasteiger partial charge in [0.1, 0.15) is 0 Å². The summed E-state index contributed by atoms with van der Waals surface area (Å²) in [6, 6.07) is 11.9. The minimum absolute atomic E-state index is 0.0211. The van der Waals surface area contributed by atoms with Crippen molar-refractivity contribution in [3.8, 4) is 0 Å². The van der Waals surface area contributed by atoms with Crippen molar-refractivity contribution >= 4 is 11.8 Å². The molecule has 0 radical (unpaired) electrons. The second kappa shape index (κ2) is 6.57. The Morgan fingerprint density at radius 3 is 2.78 bits per heavy atom. The number of aromatic nitrogens is 1. The topological polar surface area (TPSA) is 45.2 Å². The number of aliphatic hydroxyl groups excluding tert-OH is 1.